The molecule has 0 aromatic heterocycles. The van der Waals surface area contributed by atoms with E-state index in [2.05, 4.69) is 10.2 Å². The first-order chi connectivity index (χ1) is 11.6. The number of hydrogen-bond donors (Lipinski definition) is 2. The van der Waals surface area contributed by atoms with Gasteiger partial charge in [0.1, 0.15) is 18.3 Å². The number of halogens is 1. The van der Waals surface area contributed by atoms with Gasteiger partial charge in [0.05, 0.1) is 30.0 Å². The van der Waals surface area contributed by atoms with E-state index in [1.807, 2.05) is 6.07 Å². The maximum atomic E-state index is 12.5. The largest absolute Gasteiger partial charge is 0.388 e. The molecule has 0 bridgehead atoms. The normalized spacial score (nSPS) is 32.2. The predicted molar refractivity (Wildman–Crippen MR) is 89.6 cm³/mol. The highest BCUT2D eigenvalue weighted by Gasteiger charge is 2.47. The molecule has 4 rings (SSSR count). The van der Waals surface area contributed by atoms with Crippen LogP contribution in [0.1, 0.15) is 23.2 Å². The van der Waals surface area contributed by atoms with Crippen LogP contribution in [0, 0.1) is 0 Å². The van der Waals surface area contributed by atoms with Gasteiger partial charge in [0.25, 0.3) is 5.91 Å². The van der Waals surface area contributed by atoms with Crippen molar-refractivity contribution in [3.63, 3.8) is 0 Å². The van der Waals surface area contributed by atoms with Gasteiger partial charge < -0.3 is 24.8 Å². The van der Waals surface area contributed by atoms with E-state index in [0.717, 1.165) is 18.8 Å². The zero-order valence-corrected chi connectivity index (χ0v) is 14.0. The molecule has 4 atom stereocenters. The molecule has 1 aromatic carbocycles. The molecule has 0 spiro atoms. The molecule has 0 radical (unpaired) electrons. The summed E-state index contributed by atoms with van der Waals surface area (Å²) in [6.45, 7) is 2.61. The van der Waals surface area contributed by atoms with Gasteiger partial charge in [-0.15, -0.1) is 0 Å². The average Bonchev–Trinajstić information content (AvgIpc) is 3.28. The molecule has 6 nitrogen and oxygen atoms in total. The van der Waals surface area contributed by atoms with Gasteiger partial charge in [-0.2, -0.15) is 0 Å². The summed E-state index contributed by atoms with van der Waals surface area (Å²) in [5, 5.41) is 13.3. The van der Waals surface area contributed by atoms with Crippen LogP contribution in [0.5, 0.6) is 0 Å². The van der Waals surface area contributed by atoms with Crippen LogP contribution in [-0.2, 0) is 9.47 Å². The minimum Gasteiger partial charge on any atom is -0.388 e. The van der Waals surface area contributed by atoms with Crippen molar-refractivity contribution in [3.8, 4) is 0 Å². The van der Waals surface area contributed by atoms with E-state index in [-0.39, 0.29) is 30.8 Å². The van der Waals surface area contributed by atoms with Crippen molar-refractivity contribution < 1.29 is 19.4 Å². The van der Waals surface area contributed by atoms with Crippen molar-refractivity contribution in [2.45, 2.75) is 37.2 Å². The summed E-state index contributed by atoms with van der Waals surface area (Å²) in [6, 6.07) is 5.16. The van der Waals surface area contributed by atoms with Gasteiger partial charge in [0, 0.05) is 18.7 Å². The van der Waals surface area contributed by atoms with E-state index in [1.165, 1.54) is 12.8 Å². The molecule has 0 aliphatic carbocycles. The standard InChI is InChI=1S/C17H21ClN2O4/c18-11-7-10(3-4-13(11)20-5-1-2-6-20)17(22)19-12-8-23-16-14(21)9-24-15(12)16/h3-4,7,12,14-16,21H,1-2,5-6,8-9H2,(H,19,22)/t12-,14-,15-,16-/m1/s1. The lowest BCUT2D eigenvalue weighted by molar-refractivity contribution is 0.0178. The first-order valence-electron chi connectivity index (χ1n) is 8.40. The molecular weight excluding hydrogens is 332 g/mol. The van der Waals surface area contributed by atoms with Crippen LogP contribution >= 0.6 is 11.6 Å². The Morgan fingerprint density at radius 2 is 1.96 bits per heavy atom. The molecule has 1 aromatic rings. The smallest absolute Gasteiger partial charge is 0.251 e. The molecule has 2 N–H and O–H groups in total. The lowest BCUT2D eigenvalue weighted by Crippen LogP contribution is -2.44. The van der Waals surface area contributed by atoms with Gasteiger partial charge in [0.2, 0.25) is 0 Å². The monoisotopic (exact) mass is 352 g/mol. The Morgan fingerprint density at radius 1 is 1.21 bits per heavy atom. The number of amides is 1. The van der Waals surface area contributed by atoms with Crippen molar-refractivity contribution in [2.75, 3.05) is 31.2 Å². The molecule has 0 saturated carbocycles. The third-order valence-electron chi connectivity index (χ3n) is 5.00. The number of aliphatic hydroxyl groups is 1. The SMILES string of the molecule is O=C(N[C@@H]1CO[C@H]2[C@@H]1OC[C@H]2O)c1ccc(N2CCCC2)c(Cl)c1. The second-order valence-electron chi connectivity index (χ2n) is 6.60. The molecule has 1 amide bonds. The Balaban J connectivity index is 1.44. The second kappa shape index (κ2) is 6.52. The number of aliphatic hydroxyl groups excluding tert-OH is 1. The Bertz CT molecular complexity index is 635. The Morgan fingerprint density at radius 3 is 2.71 bits per heavy atom. The minimum atomic E-state index is -0.619. The summed E-state index contributed by atoms with van der Waals surface area (Å²) in [5.74, 6) is -0.205. The van der Waals surface area contributed by atoms with Crippen molar-refractivity contribution in [1.82, 2.24) is 5.32 Å². The molecule has 3 fully saturated rings. The van der Waals surface area contributed by atoms with Crippen LogP contribution in [0.3, 0.4) is 0 Å². The van der Waals surface area contributed by atoms with Crippen LogP contribution in [0.15, 0.2) is 18.2 Å². The molecular formula is C17H21ClN2O4. The van der Waals surface area contributed by atoms with Crippen LogP contribution < -0.4 is 10.2 Å². The van der Waals surface area contributed by atoms with Gasteiger partial charge in [0.15, 0.2) is 0 Å². The molecule has 3 saturated heterocycles. The molecule has 3 aliphatic rings. The molecule has 3 aliphatic heterocycles. The first-order valence-corrected chi connectivity index (χ1v) is 8.78. The molecule has 0 unspecified atom stereocenters. The number of carbonyl (C=O) groups is 1. The molecule has 24 heavy (non-hydrogen) atoms. The highest BCUT2D eigenvalue weighted by molar-refractivity contribution is 6.33. The first kappa shape index (κ1) is 16.1. The van der Waals surface area contributed by atoms with E-state index in [1.54, 1.807) is 12.1 Å². The maximum absolute atomic E-state index is 12.5. The summed E-state index contributed by atoms with van der Waals surface area (Å²) in [7, 11) is 0. The number of fused-ring (bicyclic) bond motifs is 1. The van der Waals surface area contributed by atoms with E-state index >= 15 is 0 Å². The number of carbonyl (C=O) groups excluding carboxylic acids is 1. The van der Waals surface area contributed by atoms with E-state index < -0.39 is 6.10 Å². The lowest BCUT2D eigenvalue weighted by atomic mass is 10.1. The molecule has 130 valence electrons. The fourth-order valence-electron chi connectivity index (χ4n) is 3.72. The number of benzene rings is 1. The van der Waals surface area contributed by atoms with Crippen LogP contribution in [-0.4, -0.2) is 61.7 Å². The summed E-state index contributed by atoms with van der Waals surface area (Å²) < 4.78 is 11.1. The van der Waals surface area contributed by atoms with Gasteiger partial charge in [-0.1, -0.05) is 11.6 Å². The third-order valence-corrected chi connectivity index (χ3v) is 5.30. The van der Waals surface area contributed by atoms with E-state index in [9.17, 15) is 9.90 Å². The predicted octanol–water partition coefficient (Wildman–Crippen LogP) is 1.20. The Hall–Kier alpha value is -1.34. The Labute approximate surface area is 145 Å². The summed E-state index contributed by atoms with van der Waals surface area (Å²) >= 11 is 6.37. The van der Waals surface area contributed by atoms with Crippen molar-refractivity contribution in [1.29, 1.82) is 0 Å². The summed E-state index contributed by atoms with van der Waals surface area (Å²) in [5.41, 5.74) is 1.50. The third kappa shape index (κ3) is 2.88. The van der Waals surface area contributed by atoms with Gasteiger partial charge in [-0.3, -0.25) is 4.79 Å². The molecule has 7 heteroatoms. The number of hydrogen-bond acceptors (Lipinski definition) is 5. The summed E-state index contributed by atoms with van der Waals surface area (Å²) in [6.07, 6.45) is 1.09. The second-order valence-corrected chi connectivity index (χ2v) is 7.01. The highest BCUT2D eigenvalue weighted by atomic mass is 35.5. The fourth-order valence-corrected chi connectivity index (χ4v) is 4.02. The van der Waals surface area contributed by atoms with Gasteiger partial charge >= 0.3 is 0 Å². The number of anilines is 1. The zero-order chi connectivity index (χ0) is 16.7. The number of rotatable bonds is 3. The van der Waals surface area contributed by atoms with Crippen LogP contribution in [0.4, 0.5) is 5.69 Å². The van der Waals surface area contributed by atoms with Crippen molar-refractivity contribution >= 4 is 23.2 Å². The van der Waals surface area contributed by atoms with Crippen molar-refractivity contribution in [3.05, 3.63) is 28.8 Å². The quantitative estimate of drug-likeness (QED) is 0.855. The van der Waals surface area contributed by atoms with Gasteiger partial charge in [-0.25, -0.2) is 0 Å². The number of nitrogens with one attached hydrogen (secondary N) is 1. The summed E-state index contributed by atoms with van der Waals surface area (Å²) in [4.78, 5) is 14.7. The Kier molecular flexibility index (Phi) is 4.39. The highest BCUT2D eigenvalue weighted by Crippen LogP contribution is 2.30. The number of nitrogens with zero attached hydrogens (tertiary/aromatic N) is 1. The topological polar surface area (TPSA) is 71.0 Å². The van der Waals surface area contributed by atoms with Crippen LogP contribution in [0.25, 0.3) is 0 Å². The zero-order valence-electron chi connectivity index (χ0n) is 13.3. The van der Waals surface area contributed by atoms with E-state index in [4.69, 9.17) is 21.1 Å². The fraction of sp³-hybridized carbons (Fsp3) is 0.588. The number of ether oxygens (including phenoxy) is 2. The maximum Gasteiger partial charge on any atom is 0.251 e. The van der Waals surface area contributed by atoms with Crippen molar-refractivity contribution in [2.24, 2.45) is 0 Å². The average molecular weight is 353 g/mol. The van der Waals surface area contributed by atoms with Crippen LogP contribution in [0.2, 0.25) is 5.02 Å². The molecule has 3 heterocycles. The van der Waals surface area contributed by atoms with E-state index in [0.29, 0.717) is 17.2 Å². The minimum absolute atomic E-state index is 0.205. The lowest BCUT2D eigenvalue weighted by Gasteiger charge is -2.20. The van der Waals surface area contributed by atoms with Gasteiger partial charge in [-0.05, 0) is 31.0 Å².